The van der Waals surface area contributed by atoms with Gasteiger partial charge in [0.15, 0.2) is 5.82 Å². The summed E-state index contributed by atoms with van der Waals surface area (Å²) in [7, 11) is 0. The Morgan fingerprint density at radius 1 is 0.360 bits per heavy atom. The first-order valence-electron chi connectivity index (χ1n) is 17.0. The first-order chi connectivity index (χ1) is 24.8. The zero-order valence-corrected chi connectivity index (χ0v) is 27.1. The van der Waals surface area contributed by atoms with Gasteiger partial charge in [-0.25, -0.2) is 9.97 Å². The molecule has 1 aliphatic carbocycles. The van der Waals surface area contributed by atoms with Gasteiger partial charge in [0.2, 0.25) is 0 Å². The standard InChI is InChI=1S/C47H30N2O/c1-3-14-31(15-4-1)32-26-28-34(29-27-32)42-30-41(33-16-5-2-6-17-33)48-46(49-42)36-19-13-23-40-45(36)35-18-7-8-20-37(35)47(40)38-21-9-11-24-43(38)50-44-25-12-10-22-39(44)47/h1-30H. The number of ether oxygens (including phenoxy) is 1. The highest BCUT2D eigenvalue weighted by atomic mass is 16.5. The SMILES string of the molecule is c1ccc(-c2ccc(-c3cc(-c4ccccc4)nc(-c4cccc5c4-c4ccccc4C54c5ccccc5Oc5ccccc54)n3)cc2)cc1. The van der Waals surface area contributed by atoms with Crippen molar-refractivity contribution in [2.75, 3.05) is 0 Å². The van der Waals surface area contributed by atoms with Gasteiger partial charge >= 0.3 is 0 Å². The van der Waals surface area contributed by atoms with Crippen LogP contribution in [0.1, 0.15) is 22.3 Å². The Kier molecular flexibility index (Phi) is 6.40. The Hall–Kier alpha value is -6.58. The van der Waals surface area contributed by atoms with Gasteiger partial charge in [0.05, 0.1) is 16.8 Å². The molecule has 7 aromatic carbocycles. The van der Waals surface area contributed by atoms with Crippen molar-refractivity contribution < 1.29 is 4.74 Å². The van der Waals surface area contributed by atoms with Gasteiger partial charge in [0.25, 0.3) is 0 Å². The van der Waals surface area contributed by atoms with E-state index in [9.17, 15) is 0 Å². The third-order valence-corrected chi connectivity index (χ3v) is 10.2. The number of para-hydroxylation sites is 2. The average molecular weight is 639 g/mol. The molecule has 1 aliphatic heterocycles. The van der Waals surface area contributed by atoms with E-state index in [4.69, 9.17) is 14.7 Å². The molecule has 50 heavy (non-hydrogen) atoms. The molecule has 0 amide bonds. The van der Waals surface area contributed by atoms with Crippen LogP contribution in [0.5, 0.6) is 11.5 Å². The second-order valence-electron chi connectivity index (χ2n) is 12.9. The Balaban J connectivity index is 1.22. The van der Waals surface area contributed by atoms with Gasteiger partial charge in [-0.2, -0.15) is 0 Å². The van der Waals surface area contributed by atoms with Crippen LogP contribution in [0.3, 0.4) is 0 Å². The maximum Gasteiger partial charge on any atom is 0.161 e. The normalized spacial score (nSPS) is 13.1. The van der Waals surface area contributed by atoms with E-state index in [1.54, 1.807) is 0 Å². The van der Waals surface area contributed by atoms with E-state index in [0.29, 0.717) is 5.82 Å². The highest BCUT2D eigenvalue weighted by Gasteiger charge is 2.51. The first-order valence-corrected chi connectivity index (χ1v) is 17.0. The van der Waals surface area contributed by atoms with Gasteiger partial charge in [-0.1, -0.05) is 164 Å². The van der Waals surface area contributed by atoms with Crippen LogP contribution in [0.25, 0.3) is 56.2 Å². The number of rotatable bonds is 4. The fraction of sp³-hybridized carbons (Fsp3) is 0.0213. The molecule has 10 rings (SSSR count). The summed E-state index contributed by atoms with van der Waals surface area (Å²) in [5, 5.41) is 0. The smallest absolute Gasteiger partial charge is 0.161 e. The zero-order valence-electron chi connectivity index (χ0n) is 27.1. The van der Waals surface area contributed by atoms with E-state index in [2.05, 4.69) is 170 Å². The molecule has 0 bridgehead atoms. The molecule has 0 unspecified atom stereocenters. The quantitative estimate of drug-likeness (QED) is 0.192. The van der Waals surface area contributed by atoms with Gasteiger partial charge in [-0.05, 0) is 51.6 Å². The second-order valence-corrected chi connectivity index (χ2v) is 12.9. The topological polar surface area (TPSA) is 35.0 Å². The van der Waals surface area contributed by atoms with Crippen molar-refractivity contribution in [3.8, 4) is 67.7 Å². The highest BCUT2D eigenvalue weighted by molar-refractivity contribution is 5.96. The predicted molar refractivity (Wildman–Crippen MR) is 201 cm³/mol. The minimum Gasteiger partial charge on any atom is -0.457 e. The molecule has 0 saturated carbocycles. The molecule has 0 atom stereocenters. The summed E-state index contributed by atoms with van der Waals surface area (Å²) in [5.41, 5.74) is 13.8. The molecule has 0 N–H and O–H groups in total. The molecule has 0 fully saturated rings. The van der Waals surface area contributed by atoms with Crippen LogP contribution < -0.4 is 4.74 Å². The lowest BCUT2D eigenvalue weighted by molar-refractivity contribution is 0.436. The van der Waals surface area contributed by atoms with Gasteiger partial charge in [-0.3, -0.25) is 0 Å². The predicted octanol–water partition coefficient (Wildman–Crippen LogP) is 11.6. The summed E-state index contributed by atoms with van der Waals surface area (Å²) in [6.07, 6.45) is 0. The summed E-state index contributed by atoms with van der Waals surface area (Å²) in [5.74, 6) is 2.46. The first kappa shape index (κ1) is 28.4. The number of hydrogen-bond donors (Lipinski definition) is 0. The van der Waals surface area contributed by atoms with Crippen LogP contribution in [0, 0.1) is 0 Å². The van der Waals surface area contributed by atoms with E-state index in [-0.39, 0.29) is 0 Å². The maximum absolute atomic E-state index is 6.55. The van der Waals surface area contributed by atoms with Crippen LogP contribution in [0.4, 0.5) is 0 Å². The van der Waals surface area contributed by atoms with Gasteiger partial charge in [-0.15, -0.1) is 0 Å². The Labute approximate surface area is 291 Å². The molecule has 1 aromatic heterocycles. The molecule has 2 heterocycles. The van der Waals surface area contributed by atoms with Crippen molar-refractivity contribution in [1.29, 1.82) is 0 Å². The molecule has 3 nitrogen and oxygen atoms in total. The lowest BCUT2D eigenvalue weighted by atomic mass is 9.66. The van der Waals surface area contributed by atoms with Crippen LogP contribution in [0.15, 0.2) is 182 Å². The van der Waals surface area contributed by atoms with E-state index in [1.807, 2.05) is 12.1 Å². The third kappa shape index (κ3) is 4.23. The molecule has 0 radical (unpaired) electrons. The van der Waals surface area contributed by atoms with E-state index in [0.717, 1.165) is 56.3 Å². The van der Waals surface area contributed by atoms with Crippen molar-refractivity contribution in [3.63, 3.8) is 0 Å². The number of benzene rings is 7. The maximum atomic E-state index is 6.55. The number of fused-ring (bicyclic) bond motifs is 9. The van der Waals surface area contributed by atoms with Gasteiger partial charge in [0.1, 0.15) is 11.5 Å². The monoisotopic (exact) mass is 638 g/mol. The van der Waals surface area contributed by atoms with Crippen LogP contribution in [-0.4, -0.2) is 9.97 Å². The number of aromatic nitrogens is 2. The van der Waals surface area contributed by atoms with E-state index >= 15 is 0 Å². The molecule has 2 aliphatic rings. The fourth-order valence-corrected chi connectivity index (χ4v) is 8.03. The Bertz CT molecular complexity index is 2510. The minimum atomic E-state index is -0.555. The molecule has 3 heteroatoms. The number of hydrogen-bond acceptors (Lipinski definition) is 3. The number of nitrogens with zero attached hydrogens (tertiary/aromatic N) is 2. The summed E-state index contributed by atoms with van der Waals surface area (Å²) in [6.45, 7) is 0. The lowest BCUT2D eigenvalue weighted by Crippen LogP contribution is -2.32. The minimum absolute atomic E-state index is 0.555. The van der Waals surface area contributed by atoms with Crippen molar-refractivity contribution in [3.05, 3.63) is 204 Å². The van der Waals surface area contributed by atoms with E-state index < -0.39 is 5.41 Å². The van der Waals surface area contributed by atoms with Crippen LogP contribution in [-0.2, 0) is 5.41 Å². The molecule has 0 saturated heterocycles. The fourth-order valence-electron chi connectivity index (χ4n) is 8.03. The van der Waals surface area contributed by atoms with Crippen LogP contribution in [0.2, 0.25) is 0 Å². The van der Waals surface area contributed by atoms with Crippen LogP contribution >= 0.6 is 0 Å². The summed E-state index contributed by atoms with van der Waals surface area (Å²) in [6, 6.07) is 64.0. The summed E-state index contributed by atoms with van der Waals surface area (Å²) < 4.78 is 6.55. The second kappa shape index (κ2) is 11.3. The molecule has 1 spiro atoms. The van der Waals surface area contributed by atoms with Gasteiger partial charge < -0.3 is 4.74 Å². The molecular formula is C47H30N2O. The highest BCUT2D eigenvalue weighted by Crippen LogP contribution is 2.63. The average Bonchev–Trinajstić information content (AvgIpc) is 3.49. The molecule has 8 aromatic rings. The summed E-state index contributed by atoms with van der Waals surface area (Å²) >= 11 is 0. The Morgan fingerprint density at radius 3 is 1.48 bits per heavy atom. The molecular weight excluding hydrogens is 609 g/mol. The van der Waals surface area contributed by atoms with Crippen molar-refractivity contribution in [2.24, 2.45) is 0 Å². The zero-order chi connectivity index (χ0) is 33.1. The van der Waals surface area contributed by atoms with Crippen molar-refractivity contribution in [2.45, 2.75) is 5.41 Å². The van der Waals surface area contributed by atoms with Gasteiger partial charge in [0, 0.05) is 27.8 Å². The molecule has 234 valence electrons. The Morgan fingerprint density at radius 2 is 0.820 bits per heavy atom. The lowest BCUT2D eigenvalue weighted by Gasteiger charge is -2.39. The van der Waals surface area contributed by atoms with E-state index in [1.165, 1.54) is 27.8 Å². The van der Waals surface area contributed by atoms with Crippen molar-refractivity contribution in [1.82, 2.24) is 9.97 Å². The largest absolute Gasteiger partial charge is 0.457 e. The summed E-state index contributed by atoms with van der Waals surface area (Å²) in [4.78, 5) is 10.6. The van der Waals surface area contributed by atoms with Crippen molar-refractivity contribution >= 4 is 0 Å². The third-order valence-electron chi connectivity index (χ3n) is 10.2.